The molecule has 0 aliphatic carbocycles. The highest BCUT2D eigenvalue weighted by molar-refractivity contribution is 7.99. The van der Waals surface area contributed by atoms with Gasteiger partial charge in [0.1, 0.15) is 0 Å². The Kier molecular flexibility index (Phi) is 6.23. The van der Waals surface area contributed by atoms with Crippen LogP contribution in [0.1, 0.15) is 10.4 Å². The fourth-order valence-electron chi connectivity index (χ4n) is 2.51. The van der Waals surface area contributed by atoms with E-state index >= 15 is 0 Å². The molecular formula is C20H18N4O3S. The summed E-state index contributed by atoms with van der Waals surface area (Å²) in [7, 11) is 0. The highest BCUT2D eigenvalue weighted by Crippen LogP contribution is 2.24. The molecule has 1 heterocycles. The van der Waals surface area contributed by atoms with E-state index in [-0.39, 0.29) is 17.2 Å². The molecule has 0 spiro atoms. The van der Waals surface area contributed by atoms with Gasteiger partial charge in [0, 0.05) is 17.8 Å². The Hall–Kier alpha value is -3.39. The number of benzene rings is 2. The smallest absolute Gasteiger partial charge is 0.335 e. The number of aromatic nitrogens is 3. The summed E-state index contributed by atoms with van der Waals surface area (Å²) < 4.78 is 1.90. The number of nitrogens with zero attached hydrogens (tertiary/aromatic N) is 3. The molecule has 3 aromatic rings. The standard InChI is InChI=1S/C20H18N4O3S/c1-2-12-24-18(14-6-4-3-5-7-14)22-23-20(24)28-13-17(25)21-16-10-8-15(9-11-16)19(26)27/h2-11H,1,12-13H2,(H,21,25)(H,26,27). The molecule has 0 aliphatic rings. The number of carboxylic acids is 1. The van der Waals surface area contributed by atoms with Gasteiger partial charge in [-0.2, -0.15) is 0 Å². The molecule has 2 aromatic carbocycles. The molecule has 8 heteroatoms. The number of hydrogen-bond acceptors (Lipinski definition) is 5. The molecule has 0 atom stereocenters. The van der Waals surface area contributed by atoms with Crippen LogP contribution in [0.4, 0.5) is 5.69 Å². The number of aromatic carboxylic acids is 1. The molecule has 0 aliphatic heterocycles. The summed E-state index contributed by atoms with van der Waals surface area (Å²) >= 11 is 1.27. The number of allylic oxidation sites excluding steroid dienone is 1. The van der Waals surface area contributed by atoms with Crippen LogP contribution < -0.4 is 5.32 Å². The van der Waals surface area contributed by atoms with Crippen LogP contribution in [0, 0.1) is 0 Å². The van der Waals surface area contributed by atoms with Gasteiger partial charge in [-0.25, -0.2) is 4.79 Å². The van der Waals surface area contributed by atoms with Crippen LogP contribution in [0.5, 0.6) is 0 Å². The second-order valence-corrected chi connectivity index (χ2v) is 6.73. The van der Waals surface area contributed by atoms with Crippen molar-refractivity contribution in [2.75, 3.05) is 11.1 Å². The topological polar surface area (TPSA) is 97.1 Å². The molecule has 0 saturated heterocycles. The van der Waals surface area contributed by atoms with E-state index in [1.165, 1.54) is 23.9 Å². The Labute approximate surface area is 166 Å². The summed E-state index contributed by atoms with van der Waals surface area (Å²) in [6.45, 7) is 4.30. The van der Waals surface area contributed by atoms with E-state index in [9.17, 15) is 9.59 Å². The minimum Gasteiger partial charge on any atom is -0.478 e. The predicted molar refractivity (Wildman–Crippen MR) is 108 cm³/mol. The van der Waals surface area contributed by atoms with E-state index in [0.29, 0.717) is 23.2 Å². The zero-order valence-electron chi connectivity index (χ0n) is 14.9. The maximum atomic E-state index is 12.2. The van der Waals surface area contributed by atoms with E-state index in [1.54, 1.807) is 18.2 Å². The minimum atomic E-state index is -1.01. The zero-order valence-corrected chi connectivity index (χ0v) is 15.7. The first-order chi connectivity index (χ1) is 13.6. The van der Waals surface area contributed by atoms with E-state index < -0.39 is 5.97 Å². The Morgan fingerprint density at radius 2 is 1.82 bits per heavy atom. The van der Waals surface area contributed by atoms with Crippen LogP contribution in [-0.2, 0) is 11.3 Å². The number of hydrogen-bond donors (Lipinski definition) is 2. The van der Waals surface area contributed by atoms with Crippen molar-refractivity contribution in [1.29, 1.82) is 0 Å². The van der Waals surface area contributed by atoms with E-state index in [4.69, 9.17) is 5.11 Å². The normalized spacial score (nSPS) is 10.4. The van der Waals surface area contributed by atoms with Crippen molar-refractivity contribution in [3.05, 3.63) is 72.8 Å². The first kappa shape index (κ1) is 19.4. The third-order valence-corrected chi connectivity index (χ3v) is 4.78. The maximum Gasteiger partial charge on any atom is 0.335 e. The first-order valence-corrected chi connectivity index (χ1v) is 9.42. The second kappa shape index (κ2) is 9.01. The van der Waals surface area contributed by atoms with Gasteiger partial charge in [0.25, 0.3) is 0 Å². The lowest BCUT2D eigenvalue weighted by molar-refractivity contribution is -0.113. The van der Waals surface area contributed by atoms with Crippen LogP contribution in [0.15, 0.2) is 72.4 Å². The third kappa shape index (κ3) is 4.66. The van der Waals surface area contributed by atoms with Crippen LogP contribution in [0.25, 0.3) is 11.4 Å². The number of amides is 1. The molecule has 1 amide bonds. The SMILES string of the molecule is C=CCn1c(SCC(=O)Nc2ccc(C(=O)O)cc2)nnc1-c1ccccc1. The highest BCUT2D eigenvalue weighted by atomic mass is 32.2. The van der Waals surface area contributed by atoms with E-state index in [0.717, 1.165) is 5.56 Å². The van der Waals surface area contributed by atoms with Gasteiger partial charge >= 0.3 is 5.97 Å². The van der Waals surface area contributed by atoms with Gasteiger partial charge in [0.15, 0.2) is 11.0 Å². The van der Waals surface area contributed by atoms with Crippen LogP contribution >= 0.6 is 11.8 Å². The van der Waals surface area contributed by atoms with Gasteiger partial charge < -0.3 is 10.4 Å². The van der Waals surface area contributed by atoms with Crippen LogP contribution in [0.3, 0.4) is 0 Å². The van der Waals surface area contributed by atoms with Crippen molar-refractivity contribution in [3.63, 3.8) is 0 Å². The lowest BCUT2D eigenvalue weighted by Gasteiger charge is -2.08. The molecule has 0 saturated carbocycles. The van der Waals surface area contributed by atoms with Crippen molar-refractivity contribution >= 4 is 29.3 Å². The van der Waals surface area contributed by atoms with Crippen molar-refractivity contribution in [1.82, 2.24) is 14.8 Å². The Balaban J connectivity index is 1.66. The number of anilines is 1. The Morgan fingerprint density at radius 3 is 2.46 bits per heavy atom. The summed E-state index contributed by atoms with van der Waals surface area (Å²) in [5.41, 5.74) is 1.64. The van der Waals surface area contributed by atoms with Gasteiger partial charge in [-0.1, -0.05) is 48.2 Å². The lowest BCUT2D eigenvalue weighted by atomic mass is 10.2. The summed E-state index contributed by atoms with van der Waals surface area (Å²) in [6.07, 6.45) is 1.75. The molecule has 0 fully saturated rings. The maximum absolute atomic E-state index is 12.2. The quantitative estimate of drug-likeness (QED) is 0.448. The molecule has 1 aromatic heterocycles. The summed E-state index contributed by atoms with van der Waals surface area (Å²) in [4.78, 5) is 23.1. The number of nitrogens with one attached hydrogen (secondary N) is 1. The number of carbonyl (C=O) groups is 2. The van der Waals surface area contributed by atoms with Gasteiger partial charge in [0.2, 0.25) is 5.91 Å². The van der Waals surface area contributed by atoms with Gasteiger partial charge in [-0.15, -0.1) is 16.8 Å². The fraction of sp³-hybridized carbons (Fsp3) is 0.100. The molecule has 7 nitrogen and oxygen atoms in total. The van der Waals surface area contributed by atoms with Crippen molar-refractivity contribution in [3.8, 4) is 11.4 Å². The Morgan fingerprint density at radius 1 is 1.11 bits per heavy atom. The number of rotatable bonds is 8. The monoisotopic (exact) mass is 394 g/mol. The average Bonchev–Trinajstić information content (AvgIpc) is 3.10. The van der Waals surface area contributed by atoms with Gasteiger partial charge in [0.05, 0.1) is 11.3 Å². The summed E-state index contributed by atoms with van der Waals surface area (Å²) in [5, 5.41) is 20.7. The largest absolute Gasteiger partial charge is 0.478 e. The highest BCUT2D eigenvalue weighted by Gasteiger charge is 2.15. The summed E-state index contributed by atoms with van der Waals surface area (Å²) in [6, 6.07) is 15.7. The molecule has 0 unspecified atom stereocenters. The fourth-order valence-corrected chi connectivity index (χ4v) is 3.26. The predicted octanol–water partition coefficient (Wildman–Crippen LogP) is 3.56. The molecule has 28 heavy (non-hydrogen) atoms. The first-order valence-electron chi connectivity index (χ1n) is 8.44. The second-order valence-electron chi connectivity index (χ2n) is 5.79. The lowest BCUT2D eigenvalue weighted by Crippen LogP contribution is -2.14. The number of carboxylic acid groups (broad SMARTS) is 1. The number of carbonyl (C=O) groups excluding carboxylic acids is 1. The Bertz CT molecular complexity index is 984. The zero-order chi connectivity index (χ0) is 19.9. The van der Waals surface area contributed by atoms with Gasteiger partial charge in [-0.3, -0.25) is 9.36 Å². The third-order valence-electron chi connectivity index (χ3n) is 3.81. The van der Waals surface area contributed by atoms with Gasteiger partial charge in [-0.05, 0) is 24.3 Å². The van der Waals surface area contributed by atoms with E-state index in [2.05, 4.69) is 22.1 Å². The molecule has 142 valence electrons. The summed E-state index contributed by atoms with van der Waals surface area (Å²) in [5.74, 6) is -0.371. The molecular weight excluding hydrogens is 376 g/mol. The van der Waals surface area contributed by atoms with Crippen molar-refractivity contribution in [2.45, 2.75) is 11.7 Å². The minimum absolute atomic E-state index is 0.144. The van der Waals surface area contributed by atoms with Crippen LogP contribution in [-0.4, -0.2) is 37.5 Å². The molecule has 3 rings (SSSR count). The van der Waals surface area contributed by atoms with Crippen molar-refractivity contribution in [2.24, 2.45) is 0 Å². The molecule has 0 radical (unpaired) electrons. The number of thioether (sulfide) groups is 1. The molecule has 2 N–H and O–H groups in total. The van der Waals surface area contributed by atoms with E-state index in [1.807, 2.05) is 34.9 Å². The average molecular weight is 394 g/mol. The van der Waals surface area contributed by atoms with Crippen LogP contribution in [0.2, 0.25) is 0 Å². The van der Waals surface area contributed by atoms with Crippen molar-refractivity contribution < 1.29 is 14.7 Å². The molecule has 0 bridgehead atoms.